The molecule has 5 nitrogen and oxygen atoms in total. The Labute approximate surface area is 81.1 Å². The lowest BCUT2D eigenvalue weighted by Crippen LogP contribution is -2.02. The van der Waals surface area contributed by atoms with Crippen LogP contribution >= 0.6 is 0 Å². The van der Waals surface area contributed by atoms with Crippen molar-refractivity contribution >= 4 is 0 Å². The average Bonchev–Trinajstić information content (AvgIpc) is 2.68. The SMILES string of the molecule is OCCn1ccc(-c2cnccn2)n1. The van der Waals surface area contributed by atoms with E-state index >= 15 is 0 Å². The van der Waals surface area contributed by atoms with Crippen molar-refractivity contribution in [3.8, 4) is 11.4 Å². The molecule has 0 spiro atoms. The third-order valence-electron chi connectivity index (χ3n) is 1.80. The maximum atomic E-state index is 8.71. The predicted octanol–water partition coefficient (Wildman–Crippen LogP) is 0.332. The van der Waals surface area contributed by atoms with Crippen molar-refractivity contribution in [3.05, 3.63) is 30.9 Å². The molecule has 14 heavy (non-hydrogen) atoms. The number of aromatic nitrogens is 4. The van der Waals surface area contributed by atoms with Gasteiger partial charge in [-0.2, -0.15) is 5.10 Å². The summed E-state index contributed by atoms with van der Waals surface area (Å²) in [4.78, 5) is 8.08. The molecule has 0 aliphatic rings. The van der Waals surface area contributed by atoms with Crippen LogP contribution in [0.1, 0.15) is 0 Å². The molecule has 72 valence electrons. The van der Waals surface area contributed by atoms with Gasteiger partial charge in [0.05, 0.1) is 19.3 Å². The van der Waals surface area contributed by atoms with Crippen molar-refractivity contribution in [2.24, 2.45) is 0 Å². The number of hydrogen-bond donors (Lipinski definition) is 1. The lowest BCUT2D eigenvalue weighted by molar-refractivity contribution is 0.269. The second kappa shape index (κ2) is 3.97. The van der Waals surface area contributed by atoms with Gasteiger partial charge in [0.1, 0.15) is 11.4 Å². The van der Waals surface area contributed by atoms with Crippen molar-refractivity contribution in [2.45, 2.75) is 6.54 Å². The van der Waals surface area contributed by atoms with Gasteiger partial charge >= 0.3 is 0 Å². The van der Waals surface area contributed by atoms with E-state index in [1.54, 1.807) is 29.5 Å². The molecule has 5 heteroatoms. The zero-order valence-electron chi connectivity index (χ0n) is 7.54. The molecule has 0 aromatic carbocycles. The summed E-state index contributed by atoms with van der Waals surface area (Å²) in [6, 6.07) is 1.85. The lowest BCUT2D eigenvalue weighted by atomic mass is 10.3. The Morgan fingerprint density at radius 3 is 2.93 bits per heavy atom. The third-order valence-corrected chi connectivity index (χ3v) is 1.80. The molecule has 2 aromatic rings. The standard InChI is InChI=1S/C9H10N4O/c14-6-5-13-4-1-8(12-13)9-7-10-2-3-11-9/h1-4,7,14H,5-6H2. The van der Waals surface area contributed by atoms with Crippen LogP contribution in [0.25, 0.3) is 11.4 Å². The Bertz CT molecular complexity index is 398. The van der Waals surface area contributed by atoms with Gasteiger partial charge in [-0.05, 0) is 6.07 Å². The average molecular weight is 190 g/mol. The zero-order valence-corrected chi connectivity index (χ0v) is 7.54. The van der Waals surface area contributed by atoms with Crippen LogP contribution in [0.15, 0.2) is 30.9 Å². The summed E-state index contributed by atoms with van der Waals surface area (Å²) in [7, 11) is 0. The molecule has 0 aliphatic heterocycles. The van der Waals surface area contributed by atoms with Gasteiger partial charge in [0, 0.05) is 18.6 Å². The van der Waals surface area contributed by atoms with Crippen LogP contribution in [0.3, 0.4) is 0 Å². The van der Waals surface area contributed by atoms with Gasteiger partial charge in [0.15, 0.2) is 0 Å². The van der Waals surface area contributed by atoms with Gasteiger partial charge in [0.25, 0.3) is 0 Å². The minimum atomic E-state index is 0.0849. The Kier molecular flexibility index (Phi) is 2.51. The van der Waals surface area contributed by atoms with Crippen LogP contribution in [0.4, 0.5) is 0 Å². The second-order valence-electron chi connectivity index (χ2n) is 2.78. The van der Waals surface area contributed by atoms with E-state index in [1.807, 2.05) is 6.07 Å². The fourth-order valence-electron chi connectivity index (χ4n) is 1.16. The van der Waals surface area contributed by atoms with Crippen molar-refractivity contribution < 1.29 is 5.11 Å². The highest BCUT2D eigenvalue weighted by Gasteiger charge is 2.02. The van der Waals surface area contributed by atoms with Gasteiger partial charge in [-0.1, -0.05) is 0 Å². The molecular formula is C9H10N4O. The van der Waals surface area contributed by atoms with E-state index in [0.29, 0.717) is 6.54 Å². The molecule has 1 N–H and O–H groups in total. The van der Waals surface area contributed by atoms with Crippen LogP contribution in [-0.4, -0.2) is 31.5 Å². The first kappa shape index (κ1) is 8.83. The van der Waals surface area contributed by atoms with Crippen molar-refractivity contribution in [1.82, 2.24) is 19.7 Å². The van der Waals surface area contributed by atoms with Gasteiger partial charge in [-0.3, -0.25) is 14.6 Å². The first-order valence-corrected chi connectivity index (χ1v) is 4.31. The molecule has 2 aromatic heterocycles. The molecule has 0 unspecified atom stereocenters. The monoisotopic (exact) mass is 190 g/mol. The van der Waals surface area contributed by atoms with E-state index in [2.05, 4.69) is 15.1 Å². The number of nitrogens with zero attached hydrogens (tertiary/aromatic N) is 4. The summed E-state index contributed by atoms with van der Waals surface area (Å²) >= 11 is 0. The number of aliphatic hydroxyl groups is 1. The summed E-state index contributed by atoms with van der Waals surface area (Å²) in [5, 5.41) is 12.9. The van der Waals surface area contributed by atoms with Crippen LogP contribution < -0.4 is 0 Å². The van der Waals surface area contributed by atoms with E-state index in [9.17, 15) is 0 Å². The molecule has 0 saturated heterocycles. The van der Waals surface area contributed by atoms with Gasteiger partial charge in [0.2, 0.25) is 0 Å². The molecule has 0 saturated carbocycles. The second-order valence-corrected chi connectivity index (χ2v) is 2.78. The lowest BCUT2D eigenvalue weighted by Gasteiger charge is -1.96. The van der Waals surface area contributed by atoms with Crippen LogP contribution in [0.2, 0.25) is 0 Å². The largest absolute Gasteiger partial charge is 0.394 e. The molecule has 0 bridgehead atoms. The summed E-state index contributed by atoms with van der Waals surface area (Å²) < 4.78 is 1.67. The first-order valence-electron chi connectivity index (χ1n) is 4.31. The topological polar surface area (TPSA) is 63.8 Å². The van der Waals surface area contributed by atoms with E-state index < -0.39 is 0 Å². The Morgan fingerprint density at radius 2 is 2.21 bits per heavy atom. The summed E-state index contributed by atoms with van der Waals surface area (Å²) in [6.07, 6.45) is 6.71. The number of hydrogen-bond acceptors (Lipinski definition) is 4. The maximum Gasteiger partial charge on any atom is 0.112 e. The van der Waals surface area contributed by atoms with Crippen LogP contribution in [0.5, 0.6) is 0 Å². The summed E-state index contributed by atoms with van der Waals surface area (Å²) in [5.41, 5.74) is 1.51. The van der Waals surface area contributed by atoms with E-state index in [4.69, 9.17) is 5.11 Å². The Balaban J connectivity index is 2.25. The first-order chi connectivity index (χ1) is 6.90. The third kappa shape index (κ3) is 1.77. The Morgan fingerprint density at radius 1 is 1.29 bits per heavy atom. The molecule has 0 radical (unpaired) electrons. The molecule has 0 atom stereocenters. The van der Waals surface area contributed by atoms with Crippen molar-refractivity contribution in [3.63, 3.8) is 0 Å². The van der Waals surface area contributed by atoms with Gasteiger partial charge in [-0.15, -0.1) is 0 Å². The van der Waals surface area contributed by atoms with E-state index in [-0.39, 0.29) is 6.61 Å². The number of aliphatic hydroxyl groups excluding tert-OH is 1. The normalized spacial score (nSPS) is 10.4. The predicted molar refractivity (Wildman–Crippen MR) is 50.3 cm³/mol. The van der Waals surface area contributed by atoms with E-state index in [0.717, 1.165) is 11.4 Å². The summed E-state index contributed by atoms with van der Waals surface area (Å²) in [5.74, 6) is 0. The van der Waals surface area contributed by atoms with Gasteiger partial charge in [-0.25, -0.2) is 0 Å². The number of rotatable bonds is 3. The molecular weight excluding hydrogens is 180 g/mol. The van der Waals surface area contributed by atoms with Crippen molar-refractivity contribution in [2.75, 3.05) is 6.61 Å². The van der Waals surface area contributed by atoms with Crippen LogP contribution in [-0.2, 0) is 6.54 Å². The minimum absolute atomic E-state index is 0.0849. The quantitative estimate of drug-likeness (QED) is 0.757. The molecule has 0 amide bonds. The van der Waals surface area contributed by atoms with Crippen LogP contribution in [0, 0.1) is 0 Å². The molecule has 0 fully saturated rings. The van der Waals surface area contributed by atoms with Gasteiger partial charge < -0.3 is 5.11 Å². The highest BCUT2D eigenvalue weighted by molar-refractivity contribution is 5.51. The fourth-order valence-corrected chi connectivity index (χ4v) is 1.16. The smallest absolute Gasteiger partial charge is 0.112 e. The molecule has 2 heterocycles. The summed E-state index contributed by atoms with van der Waals surface area (Å²) in [6.45, 7) is 0.585. The zero-order chi connectivity index (χ0) is 9.80. The fraction of sp³-hybridized carbons (Fsp3) is 0.222. The van der Waals surface area contributed by atoms with E-state index in [1.165, 1.54) is 0 Å². The molecule has 0 aliphatic carbocycles. The highest BCUT2D eigenvalue weighted by atomic mass is 16.3. The Hall–Kier alpha value is -1.75. The highest BCUT2D eigenvalue weighted by Crippen LogP contribution is 2.11. The minimum Gasteiger partial charge on any atom is -0.394 e. The maximum absolute atomic E-state index is 8.71. The van der Waals surface area contributed by atoms with Crippen molar-refractivity contribution in [1.29, 1.82) is 0 Å². The molecule has 2 rings (SSSR count).